The van der Waals surface area contributed by atoms with Crippen LogP contribution >= 0.6 is 0 Å². The molecule has 5 heteroatoms. The molecule has 5 nitrogen and oxygen atoms in total. The molecule has 2 N–H and O–H groups in total. The van der Waals surface area contributed by atoms with E-state index in [2.05, 4.69) is 15.6 Å². The molecule has 0 bridgehead atoms. The van der Waals surface area contributed by atoms with E-state index < -0.39 is 0 Å². The van der Waals surface area contributed by atoms with Crippen molar-refractivity contribution in [3.8, 4) is 0 Å². The molecule has 2 rings (SSSR count). The average molecular weight is 276 g/mol. The summed E-state index contributed by atoms with van der Waals surface area (Å²) in [5.41, 5.74) is 1.03. The molecule has 0 aliphatic carbocycles. The molecule has 20 heavy (non-hydrogen) atoms. The lowest BCUT2D eigenvalue weighted by Gasteiger charge is -2.22. The van der Waals surface area contributed by atoms with Gasteiger partial charge in [-0.25, -0.2) is 4.98 Å². The van der Waals surface area contributed by atoms with Gasteiger partial charge in [-0.05, 0) is 50.4 Å². The third-order valence-electron chi connectivity index (χ3n) is 3.77. The molecule has 1 amide bonds. The maximum atomic E-state index is 11.9. The Labute approximate surface area is 120 Å². The molecule has 1 aliphatic rings. The van der Waals surface area contributed by atoms with Gasteiger partial charge in [-0.1, -0.05) is 0 Å². The van der Waals surface area contributed by atoms with Gasteiger partial charge in [-0.15, -0.1) is 0 Å². The Bertz CT molecular complexity index is 424. The van der Waals surface area contributed by atoms with Crippen LogP contribution in [0.2, 0.25) is 0 Å². The lowest BCUT2D eigenvalue weighted by atomic mass is 9.93. The fourth-order valence-electron chi connectivity index (χ4n) is 2.44. The van der Waals surface area contributed by atoms with Crippen molar-refractivity contribution in [2.75, 3.05) is 37.4 Å². The Morgan fingerprint density at radius 1 is 1.40 bits per heavy atom. The van der Waals surface area contributed by atoms with Crippen molar-refractivity contribution in [3.63, 3.8) is 0 Å². The van der Waals surface area contributed by atoms with Crippen molar-refractivity contribution < 1.29 is 4.79 Å². The number of rotatable bonds is 5. The van der Waals surface area contributed by atoms with Crippen molar-refractivity contribution in [2.24, 2.45) is 5.92 Å². The predicted octanol–water partition coefficient (Wildman–Crippen LogP) is 1.87. The first-order valence-corrected chi connectivity index (χ1v) is 7.29. The van der Waals surface area contributed by atoms with E-state index in [1.807, 2.05) is 31.1 Å². The van der Waals surface area contributed by atoms with Gasteiger partial charge in [-0.3, -0.25) is 4.79 Å². The summed E-state index contributed by atoms with van der Waals surface area (Å²) in [6.07, 6.45) is 5.69. The Kier molecular flexibility index (Phi) is 5.35. The molecule has 1 aromatic rings. The zero-order chi connectivity index (χ0) is 14.4. The summed E-state index contributed by atoms with van der Waals surface area (Å²) in [5.74, 6) is 1.38. The van der Waals surface area contributed by atoms with Crippen LogP contribution in [0.4, 0.5) is 11.5 Å². The topological polar surface area (TPSA) is 57.3 Å². The smallest absolute Gasteiger partial charge is 0.225 e. The largest absolute Gasteiger partial charge is 0.376 e. The molecule has 1 saturated heterocycles. The molecule has 1 aliphatic heterocycles. The first kappa shape index (κ1) is 14.8. The monoisotopic (exact) mass is 276 g/mol. The van der Waals surface area contributed by atoms with Crippen LogP contribution in [-0.4, -0.2) is 38.1 Å². The standard InChI is InChI=1S/C15H24N4O/c1-19(2)13-4-5-14(17-11-13)18-15(20)6-3-12-7-9-16-10-8-12/h4-5,11-12,16H,3,6-10H2,1-2H3,(H,17,18,20). The summed E-state index contributed by atoms with van der Waals surface area (Å²) in [6, 6.07) is 3.80. The quantitative estimate of drug-likeness (QED) is 0.862. The molecular formula is C15H24N4O. The molecule has 0 atom stereocenters. The van der Waals surface area contributed by atoms with E-state index in [0.29, 0.717) is 18.2 Å². The molecule has 0 aromatic carbocycles. The number of piperidine rings is 1. The number of hydrogen-bond donors (Lipinski definition) is 2. The van der Waals surface area contributed by atoms with E-state index in [1.54, 1.807) is 6.20 Å². The third kappa shape index (κ3) is 4.49. The minimum atomic E-state index is 0.0636. The summed E-state index contributed by atoms with van der Waals surface area (Å²) in [5, 5.41) is 6.21. The molecule has 110 valence electrons. The molecule has 0 unspecified atom stereocenters. The van der Waals surface area contributed by atoms with E-state index >= 15 is 0 Å². The van der Waals surface area contributed by atoms with Gasteiger partial charge in [0.2, 0.25) is 5.91 Å². The Balaban J connectivity index is 1.75. The van der Waals surface area contributed by atoms with Crippen molar-refractivity contribution in [1.29, 1.82) is 0 Å². The number of nitrogens with one attached hydrogen (secondary N) is 2. The van der Waals surface area contributed by atoms with Crippen molar-refractivity contribution in [1.82, 2.24) is 10.3 Å². The van der Waals surface area contributed by atoms with Crippen molar-refractivity contribution in [2.45, 2.75) is 25.7 Å². The molecule has 0 radical (unpaired) electrons. The van der Waals surface area contributed by atoms with E-state index in [4.69, 9.17) is 0 Å². The first-order valence-electron chi connectivity index (χ1n) is 7.29. The van der Waals surface area contributed by atoms with E-state index in [1.165, 1.54) is 12.8 Å². The number of pyridine rings is 1. The van der Waals surface area contributed by atoms with Crippen molar-refractivity contribution in [3.05, 3.63) is 18.3 Å². The zero-order valence-electron chi connectivity index (χ0n) is 12.4. The number of anilines is 2. The molecule has 1 fully saturated rings. The highest BCUT2D eigenvalue weighted by molar-refractivity contribution is 5.89. The minimum Gasteiger partial charge on any atom is -0.376 e. The van der Waals surface area contributed by atoms with Gasteiger partial charge in [0.15, 0.2) is 0 Å². The SMILES string of the molecule is CN(C)c1ccc(NC(=O)CCC2CCNCC2)nc1. The van der Waals surface area contributed by atoms with Crippen LogP contribution in [0, 0.1) is 5.92 Å². The van der Waals surface area contributed by atoms with Gasteiger partial charge in [0.25, 0.3) is 0 Å². The number of carbonyl (C=O) groups is 1. The van der Waals surface area contributed by atoms with Crippen LogP contribution in [0.25, 0.3) is 0 Å². The van der Waals surface area contributed by atoms with Gasteiger partial charge < -0.3 is 15.5 Å². The van der Waals surface area contributed by atoms with E-state index in [-0.39, 0.29) is 5.91 Å². The molecule has 2 heterocycles. The Hall–Kier alpha value is -1.62. The Morgan fingerprint density at radius 3 is 2.75 bits per heavy atom. The maximum Gasteiger partial charge on any atom is 0.225 e. The summed E-state index contributed by atoms with van der Waals surface area (Å²) < 4.78 is 0. The lowest BCUT2D eigenvalue weighted by Crippen LogP contribution is -2.28. The van der Waals surface area contributed by atoms with Crippen LogP contribution in [0.1, 0.15) is 25.7 Å². The van der Waals surface area contributed by atoms with Crippen LogP contribution < -0.4 is 15.5 Å². The molecule has 1 aromatic heterocycles. The molecule has 0 saturated carbocycles. The van der Waals surface area contributed by atoms with Gasteiger partial charge >= 0.3 is 0 Å². The van der Waals surface area contributed by atoms with E-state index in [9.17, 15) is 4.79 Å². The third-order valence-corrected chi connectivity index (χ3v) is 3.77. The minimum absolute atomic E-state index is 0.0636. The number of carbonyl (C=O) groups excluding carboxylic acids is 1. The maximum absolute atomic E-state index is 11.9. The number of amides is 1. The number of aromatic nitrogens is 1. The van der Waals surface area contributed by atoms with Crippen LogP contribution in [0.5, 0.6) is 0 Å². The number of nitrogens with zero attached hydrogens (tertiary/aromatic N) is 2. The normalized spacial score (nSPS) is 15.9. The zero-order valence-corrected chi connectivity index (χ0v) is 12.4. The summed E-state index contributed by atoms with van der Waals surface area (Å²) >= 11 is 0. The highest BCUT2D eigenvalue weighted by atomic mass is 16.1. The highest BCUT2D eigenvalue weighted by Crippen LogP contribution is 2.18. The Morgan fingerprint density at radius 2 is 2.15 bits per heavy atom. The summed E-state index contributed by atoms with van der Waals surface area (Å²) in [4.78, 5) is 18.1. The van der Waals surface area contributed by atoms with Gasteiger partial charge in [-0.2, -0.15) is 0 Å². The fraction of sp³-hybridized carbons (Fsp3) is 0.600. The van der Waals surface area contributed by atoms with E-state index in [0.717, 1.165) is 25.2 Å². The predicted molar refractivity (Wildman–Crippen MR) is 82.0 cm³/mol. The second-order valence-corrected chi connectivity index (χ2v) is 5.58. The van der Waals surface area contributed by atoms with Crippen LogP contribution in [0.3, 0.4) is 0 Å². The van der Waals surface area contributed by atoms with Crippen LogP contribution in [0.15, 0.2) is 18.3 Å². The highest BCUT2D eigenvalue weighted by Gasteiger charge is 2.14. The van der Waals surface area contributed by atoms with Gasteiger partial charge in [0.05, 0.1) is 11.9 Å². The van der Waals surface area contributed by atoms with Crippen molar-refractivity contribution >= 4 is 17.4 Å². The molecule has 0 spiro atoms. The first-order chi connectivity index (χ1) is 9.65. The average Bonchev–Trinajstić information content (AvgIpc) is 2.47. The summed E-state index contributed by atoms with van der Waals surface area (Å²) in [6.45, 7) is 2.17. The summed E-state index contributed by atoms with van der Waals surface area (Å²) in [7, 11) is 3.93. The fourth-order valence-corrected chi connectivity index (χ4v) is 2.44. The number of hydrogen-bond acceptors (Lipinski definition) is 4. The second kappa shape index (κ2) is 7.24. The van der Waals surface area contributed by atoms with Crippen LogP contribution in [-0.2, 0) is 4.79 Å². The molecular weight excluding hydrogens is 252 g/mol. The lowest BCUT2D eigenvalue weighted by molar-refractivity contribution is -0.116. The second-order valence-electron chi connectivity index (χ2n) is 5.58. The van der Waals surface area contributed by atoms with Gasteiger partial charge in [0, 0.05) is 20.5 Å². The van der Waals surface area contributed by atoms with Gasteiger partial charge in [0.1, 0.15) is 5.82 Å².